The van der Waals surface area contributed by atoms with Gasteiger partial charge in [0.25, 0.3) is 0 Å². The summed E-state index contributed by atoms with van der Waals surface area (Å²) in [6, 6.07) is -0.572. The van der Waals surface area contributed by atoms with Crippen molar-refractivity contribution in [2.24, 2.45) is 0 Å². The number of amides is 7. The Bertz CT molecular complexity index is 1770. The van der Waals surface area contributed by atoms with Gasteiger partial charge in [0.1, 0.15) is 0 Å². The van der Waals surface area contributed by atoms with E-state index >= 15 is 0 Å². The molecule has 0 spiro atoms. The number of carbonyl (C=O) groups is 6. The second-order valence-electron chi connectivity index (χ2n) is 33.6. The van der Waals surface area contributed by atoms with Crippen LogP contribution in [0.5, 0.6) is 0 Å². The second kappa shape index (κ2) is 87.9. The van der Waals surface area contributed by atoms with Crippen LogP contribution in [-0.2, 0) is 24.0 Å². The molecule has 0 aliphatic carbocycles. The molecule has 0 aliphatic rings. The number of nitrogens with zero attached hydrogens (tertiary/aromatic N) is 3. The van der Waals surface area contributed by atoms with Gasteiger partial charge in [-0.2, -0.15) is 0 Å². The fourth-order valence-corrected chi connectivity index (χ4v) is 15.3. The molecule has 0 saturated heterocycles. The van der Waals surface area contributed by atoms with Gasteiger partial charge in [-0.1, -0.05) is 388 Å². The minimum Gasteiger partial charge on any atom is -0.356 e. The average molecular weight is 1550 g/mol. The highest BCUT2D eigenvalue weighted by Gasteiger charge is 2.21. The predicted octanol–water partition coefficient (Wildman–Crippen LogP) is 23.0. The summed E-state index contributed by atoms with van der Waals surface area (Å²) in [6.07, 6.45) is 78.2. The smallest absolute Gasteiger partial charge is 0.315 e. The molecule has 650 valence electrons. The van der Waals surface area contributed by atoms with E-state index in [0.717, 1.165) is 89.9 Å². The molecule has 1 atom stereocenters. The van der Waals surface area contributed by atoms with Crippen molar-refractivity contribution >= 4 is 35.6 Å². The van der Waals surface area contributed by atoms with Crippen molar-refractivity contribution < 1.29 is 28.8 Å². The Kier molecular flexibility index (Phi) is 85.1. The van der Waals surface area contributed by atoms with Crippen molar-refractivity contribution in [1.82, 2.24) is 51.9 Å². The van der Waals surface area contributed by atoms with Gasteiger partial charge in [-0.15, -0.1) is 0 Å². The molecule has 0 aliphatic heterocycles. The highest BCUT2D eigenvalue weighted by atomic mass is 16.2. The summed E-state index contributed by atoms with van der Waals surface area (Å²) in [5.41, 5.74) is 0. The van der Waals surface area contributed by atoms with E-state index in [2.05, 4.69) is 88.6 Å². The van der Waals surface area contributed by atoms with Crippen molar-refractivity contribution in [3.8, 4) is 0 Å². The zero-order valence-electron chi connectivity index (χ0n) is 74.1. The third kappa shape index (κ3) is 81.1. The zero-order valence-corrected chi connectivity index (χ0v) is 74.1. The summed E-state index contributed by atoms with van der Waals surface area (Å²) in [6.45, 7) is 21.5. The summed E-state index contributed by atoms with van der Waals surface area (Å²) in [5, 5.41) is 22.4. The molecule has 7 amide bonds. The Morgan fingerprint density at radius 2 is 0.391 bits per heavy atom. The molecule has 0 rings (SSSR count). The topological polar surface area (TPSA) is 196 Å². The van der Waals surface area contributed by atoms with Crippen molar-refractivity contribution in [3.05, 3.63) is 0 Å². The summed E-state index contributed by atoms with van der Waals surface area (Å²) < 4.78 is 0. The molecular weight excluding hydrogens is 1370 g/mol. The lowest BCUT2D eigenvalue weighted by atomic mass is 10.1. The summed E-state index contributed by atoms with van der Waals surface area (Å²) in [7, 11) is 0. The average Bonchev–Trinajstić information content (AvgIpc) is 0.936. The van der Waals surface area contributed by atoms with Gasteiger partial charge >= 0.3 is 6.03 Å². The van der Waals surface area contributed by atoms with Gasteiger partial charge in [-0.05, 0) is 96.8 Å². The van der Waals surface area contributed by atoms with E-state index in [1.807, 2.05) is 4.90 Å². The lowest BCUT2D eigenvalue weighted by Crippen LogP contribution is -2.45. The molecule has 0 bridgehead atoms. The SMILES string of the molecule is CCCCCCCCCCCCNC(=O)CC(CCCN(CCCCN(CCCN(CC(=O)NCCCCCCCCCCCC)CC(=O)NCCCCCCCCCCCC)CC(=O)NCCCCCCCCCCCC)CC(=O)NCCCCCCCCCCCC)NC(=O)NCCCCCCCCCCCC. The fraction of sp³-hybridized carbons (Fsp3) is 0.936. The minimum atomic E-state index is -0.351. The highest BCUT2D eigenvalue weighted by molar-refractivity contribution is 5.81. The van der Waals surface area contributed by atoms with E-state index in [4.69, 9.17) is 0 Å². The van der Waals surface area contributed by atoms with Crippen LogP contribution >= 0.6 is 0 Å². The van der Waals surface area contributed by atoms with Gasteiger partial charge < -0.3 is 37.2 Å². The first kappa shape index (κ1) is 106. The van der Waals surface area contributed by atoms with Crippen molar-refractivity contribution in [3.63, 3.8) is 0 Å². The molecule has 110 heavy (non-hydrogen) atoms. The number of nitrogens with one attached hydrogen (secondary N) is 7. The Labute approximate surface area is 682 Å². The maximum absolute atomic E-state index is 13.9. The fourth-order valence-electron chi connectivity index (χ4n) is 15.3. The van der Waals surface area contributed by atoms with Crippen LogP contribution in [0.15, 0.2) is 0 Å². The molecular formula is C94H188N10O6. The monoisotopic (exact) mass is 1550 g/mol. The number of unbranched alkanes of at least 4 members (excludes halogenated alkanes) is 55. The maximum atomic E-state index is 13.9. The van der Waals surface area contributed by atoms with E-state index in [-0.39, 0.29) is 74.2 Å². The Balaban J connectivity index is 6.45. The van der Waals surface area contributed by atoms with E-state index in [1.54, 1.807) is 0 Å². The molecule has 0 radical (unpaired) electrons. The van der Waals surface area contributed by atoms with Gasteiger partial charge in [0.05, 0.1) is 26.2 Å². The van der Waals surface area contributed by atoms with Crippen LogP contribution in [0.3, 0.4) is 0 Å². The van der Waals surface area contributed by atoms with Crippen LogP contribution < -0.4 is 37.2 Å². The van der Waals surface area contributed by atoms with Crippen molar-refractivity contribution in [1.29, 1.82) is 0 Å². The molecule has 1 unspecified atom stereocenters. The van der Waals surface area contributed by atoms with E-state index in [9.17, 15) is 28.8 Å². The lowest BCUT2D eigenvalue weighted by Gasteiger charge is -2.26. The molecule has 0 saturated carbocycles. The van der Waals surface area contributed by atoms with Gasteiger partial charge in [0, 0.05) is 58.3 Å². The van der Waals surface area contributed by atoms with Crippen molar-refractivity contribution in [2.75, 3.05) is 98.2 Å². The number of urea groups is 1. The Morgan fingerprint density at radius 1 is 0.200 bits per heavy atom. The van der Waals surface area contributed by atoms with E-state index in [1.165, 1.54) is 308 Å². The molecule has 0 aromatic rings. The van der Waals surface area contributed by atoms with Crippen LogP contribution in [0, 0.1) is 0 Å². The van der Waals surface area contributed by atoms with E-state index in [0.29, 0.717) is 91.3 Å². The molecule has 0 fully saturated rings. The molecule has 7 N–H and O–H groups in total. The number of hydrogen-bond acceptors (Lipinski definition) is 9. The third-order valence-corrected chi connectivity index (χ3v) is 22.5. The third-order valence-electron chi connectivity index (χ3n) is 22.5. The highest BCUT2D eigenvalue weighted by Crippen LogP contribution is 2.18. The van der Waals surface area contributed by atoms with Crippen LogP contribution in [-0.4, -0.2) is 154 Å². The molecule has 0 heterocycles. The van der Waals surface area contributed by atoms with Gasteiger partial charge in [0.2, 0.25) is 29.5 Å². The quantitative estimate of drug-likeness (QED) is 0.0290. The lowest BCUT2D eigenvalue weighted by molar-refractivity contribution is -0.125. The Morgan fingerprint density at radius 3 is 0.645 bits per heavy atom. The van der Waals surface area contributed by atoms with Gasteiger partial charge in [-0.3, -0.25) is 38.7 Å². The van der Waals surface area contributed by atoms with Crippen LogP contribution in [0.2, 0.25) is 0 Å². The largest absolute Gasteiger partial charge is 0.356 e. The molecule has 0 aromatic carbocycles. The summed E-state index contributed by atoms with van der Waals surface area (Å²) >= 11 is 0. The first-order valence-electron chi connectivity index (χ1n) is 48.6. The first-order chi connectivity index (χ1) is 54.0. The van der Waals surface area contributed by atoms with Crippen LogP contribution in [0.1, 0.15) is 465 Å². The molecule has 16 heteroatoms. The summed E-state index contributed by atoms with van der Waals surface area (Å²) in [4.78, 5) is 88.8. The normalized spacial score (nSPS) is 11.8. The summed E-state index contributed by atoms with van der Waals surface area (Å²) in [5.74, 6) is -0.0699. The van der Waals surface area contributed by atoms with Crippen LogP contribution in [0.25, 0.3) is 0 Å². The standard InChI is InChI=1S/C94H188N10O6/c1-7-13-19-25-31-37-43-49-55-61-72-95-89(105)83-88(101-94(110)100-77-66-60-54-48-42-36-30-24-18-12-6)71-69-80-102(84-90(106)96-73-62-56-50-44-38-32-26-20-14-8-2)78-67-68-79-103(85-91(107)97-74-63-57-51-45-39-33-27-21-15-9-3)81-70-82-104(86-92(108)98-75-64-58-52-46-40-34-28-22-16-10-4)87-93(109)99-76-65-59-53-47-41-35-29-23-17-11-5/h88H,7-87H2,1-6H3,(H,95,105)(H,96,106)(H,97,107)(H,98,108)(H,99,109)(H2,100,101,110). The zero-order chi connectivity index (χ0) is 80.0. The van der Waals surface area contributed by atoms with Crippen molar-refractivity contribution in [2.45, 2.75) is 471 Å². The van der Waals surface area contributed by atoms with Crippen LogP contribution in [0.4, 0.5) is 4.79 Å². The number of carbonyl (C=O) groups excluding carboxylic acids is 6. The van der Waals surface area contributed by atoms with Gasteiger partial charge in [0.15, 0.2) is 0 Å². The van der Waals surface area contributed by atoms with Gasteiger partial charge in [-0.25, -0.2) is 4.79 Å². The van der Waals surface area contributed by atoms with E-state index < -0.39 is 0 Å². The minimum absolute atomic E-state index is 0.0264. The molecule has 16 nitrogen and oxygen atoms in total. The Hall–Kier alpha value is -3.50. The molecule has 0 aromatic heterocycles. The number of rotatable bonds is 90. The first-order valence-corrected chi connectivity index (χ1v) is 48.6. The predicted molar refractivity (Wildman–Crippen MR) is 473 cm³/mol. The maximum Gasteiger partial charge on any atom is 0.315 e. The number of hydrogen-bond donors (Lipinski definition) is 7. The second-order valence-corrected chi connectivity index (χ2v) is 33.6.